The van der Waals surface area contributed by atoms with E-state index >= 15 is 0 Å². The molecule has 0 atom stereocenters. The summed E-state index contributed by atoms with van der Waals surface area (Å²) < 4.78 is 18.1. The largest absolute Gasteiger partial charge is 0.457 e. The molecule has 0 radical (unpaired) electrons. The average Bonchev–Trinajstić information content (AvgIpc) is 3.01. The highest BCUT2D eigenvalue weighted by molar-refractivity contribution is 5.97. The van der Waals surface area contributed by atoms with Crippen LogP contribution in [0.25, 0.3) is 10.9 Å². The molecule has 24 heavy (non-hydrogen) atoms. The lowest BCUT2D eigenvalue weighted by molar-refractivity contribution is -0.142. The fraction of sp³-hybridized carbons (Fsp3) is 0.158. The van der Waals surface area contributed by atoms with Crippen LogP contribution in [0.4, 0.5) is 4.39 Å². The number of rotatable bonds is 6. The fourth-order valence-electron chi connectivity index (χ4n) is 2.54. The predicted molar refractivity (Wildman–Crippen MR) is 88.3 cm³/mol. The Labute approximate surface area is 138 Å². The highest BCUT2D eigenvalue weighted by atomic mass is 19.1. The van der Waals surface area contributed by atoms with E-state index < -0.39 is 17.6 Å². The van der Waals surface area contributed by atoms with Crippen LogP contribution in [0.3, 0.4) is 0 Å². The van der Waals surface area contributed by atoms with Crippen LogP contribution in [0.2, 0.25) is 0 Å². The summed E-state index contributed by atoms with van der Waals surface area (Å²) in [6.45, 7) is -0.379. The van der Waals surface area contributed by atoms with Crippen molar-refractivity contribution in [3.63, 3.8) is 0 Å². The molecule has 0 unspecified atom stereocenters. The maximum Gasteiger partial charge on any atom is 0.306 e. The molecule has 3 rings (SSSR count). The molecular weight excluding hydrogens is 309 g/mol. The van der Waals surface area contributed by atoms with Crippen LogP contribution in [0.15, 0.2) is 54.7 Å². The molecule has 0 aliphatic carbocycles. The molecule has 0 saturated carbocycles. The second-order valence-electron chi connectivity index (χ2n) is 5.45. The van der Waals surface area contributed by atoms with Gasteiger partial charge in [0.15, 0.2) is 12.4 Å². The Morgan fingerprint density at radius 2 is 1.92 bits per heavy atom. The molecule has 2 aromatic carbocycles. The number of para-hydroxylation sites is 1. The van der Waals surface area contributed by atoms with Gasteiger partial charge in [0, 0.05) is 29.1 Å². The maximum absolute atomic E-state index is 13.1. The van der Waals surface area contributed by atoms with Gasteiger partial charge in [-0.15, -0.1) is 0 Å². The van der Waals surface area contributed by atoms with Gasteiger partial charge in [-0.05, 0) is 30.2 Å². The van der Waals surface area contributed by atoms with E-state index in [4.69, 9.17) is 4.74 Å². The second kappa shape index (κ2) is 7.08. The Balaban J connectivity index is 1.52. The zero-order chi connectivity index (χ0) is 16.9. The molecule has 0 bridgehead atoms. The summed E-state index contributed by atoms with van der Waals surface area (Å²) in [4.78, 5) is 26.8. The number of H-pyrrole nitrogens is 1. The van der Waals surface area contributed by atoms with Crippen molar-refractivity contribution in [1.82, 2.24) is 4.98 Å². The Bertz CT molecular complexity index is 885. The lowest BCUT2D eigenvalue weighted by atomic mass is 10.1. The standard InChI is InChI=1S/C19H16FNO3/c20-15-5-3-4-13(10-15)18(22)12-24-19(23)9-8-14-11-21-17-7-2-1-6-16(14)17/h1-7,10-11,21H,8-9,12H2. The van der Waals surface area contributed by atoms with Crippen LogP contribution >= 0.6 is 0 Å². The van der Waals surface area contributed by atoms with E-state index in [1.54, 1.807) is 0 Å². The molecule has 0 aliphatic heterocycles. The van der Waals surface area contributed by atoms with E-state index in [1.807, 2.05) is 30.5 Å². The van der Waals surface area contributed by atoms with Crippen LogP contribution in [0, 0.1) is 5.82 Å². The minimum absolute atomic E-state index is 0.179. The topological polar surface area (TPSA) is 59.2 Å². The van der Waals surface area contributed by atoms with Crippen molar-refractivity contribution in [2.24, 2.45) is 0 Å². The Morgan fingerprint density at radius 1 is 1.08 bits per heavy atom. The molecule has 0 aliphatic rings. The van der Waals surface area contributed by atoms with Gasteiger partial charge in [-0.25, -0.2) is 4.39 Å². The third kappa shape index (κ3) is 3.68. The van der Waals surface area contributed by atoms with Crippen LogP contribution in [-0.2, 0) is 16.0 Å². The first kappa shape index (κ1) is 15.9. The molecule has 0 fully saturated rings. The number of carbonyl (C=O) groups excluding carboxylic acids is 2. The molecule has 1 N–H and O–H groups in total. The molecule has 1 aromatic heterocycles. The first-order chi connectivity index (χ1) is 11.6. The number of esters is 1. The van der Waals surface area contributed by atoms with Gasteiger partial charge in [0.1, 0.15) is 5.82 Å². The summed E-state index contributed by atoms with van der Waals surface area (Å²) in [5.41, 5.74) is 2.24. The van der Waals surface area contributed by atoms with Crippen molar-refractivity contribution in [3.8, 4) is 0 Å². The average molecular weight is 325 g/mol. The molecular formula is C19H16FNO3. The molecule has 1 heterocycles. The third-order valence-electron chi connectivity index (χ3n) is 3.78. The van der Waals surface area contributed by atoms with Gasteiger partial charge >= 0.3 is 5.97 Å². The van der Waals surface area contributed by atoms with Gasteiger partial charge in [-0.3, -0.25) is 9.59 Å². The minimum Gasteiger partial charge on any atom is -0.457 e. The van der Waals surface area contributed by atoms with Crippen LogP contribution in [0.1, 0.15) is 22.3 Å². The number of aromatic amines is 1. The zero-order valence-corrected chi connectivity index (χ0v) is 12.9. The third-order valence-corrected chi connectivity index (χ3v) is 3.78. The second-order valence-corrected chi connectivity index (χ2v) is 5.45. The first-order valence-electron chi connectivity index (χ1n) is 7.63. The molecule has 5 heteroatoms. The number of fused-ring (bicyclic) bond motifs is 1. The van der Waals surface area contributed by atoms with Gasteiger partial charge < -0.3 is 9.72 Å². The number of benzene rings is 2. The van der Waals surface area contributed by atoms with Crippen LogP contribution < -0.4 is 0 Å². The van der Waals surface area contributed by atoms with Crippen molar-refractivity contribution in [1.29, 1.82) is 0 Å². The smallest absolute Gasteiger partial charge is 0.306 e. The van der Waals surface area contributed by atoms with E-state index in [9.17, 15) is 14.0 Å². The number of carbonyl (C=O) groups is 2. The van der Waals surface area contributed by atoms with Gasteiger partial charge in [0.05, 0.1) is 0 Å². The number of ether oxygens (including phenoxy) is 1. The van der Waals surface area contributed by atoms with Crippen molar-refractivity contribution >= 4 is 22.7 Å². The summed E-state index contributed by atoms with van der Waals surface area (Å²) in [6, 6.07) is 13.2. The van der Waals surface area contributed by atoms with E-state index in [2.05, 4.69) is 4.98 Å². The highest BCUT2D eigenvalue weighted by Gasteiger charge is 2.12. The van der Waals surface area contributed by atoms with Gasteiger partial charge in [0.25, 0.3) is 0 Å². The summed E-state index contributed by atoms with van der Waals surface area (Å²) >= 11 is 0. The van der Waals surface area contributed by atoms with Gasteiger partial charge in [-0.1, -0.05) is 30.3 Å². The van der Waals surface area contributed by atoms with Gasteiger partial charge in [0.2, 0.25) is 0 Å². The van der Waals surface area contributed by atoms with Crippen molar-refractivity contribution in [2.75, 3.05) is 6.61 Å². The maximum atomic E-state index is 13.1. The van der Waals surface area contributed by atoms with Crippen molar-refractivity contribution in [2.45, 2.75) is 12.8 Å². The Hall–Kier alpha value is -2.95. The molecule has 4 nitrogen and oxygen atoms in total. The highest BCUT2D eigenvalue weighted by Crippen LogP contribution is 2.19. The SMILES string of the molecule is O=C(CCc1c[nH]c2ccccc12)OCC(=O)c1cccc(F)c1. The molecule has 3 aromatic rings. The molecule has 122 valence electrons. The van der Waals surface area contributed by atoms with E-state index in [0.717, 1.165) is 22.5 Å². The predicted octanol–water partition coefficient (Wildman–Crippen LogP) is 3.67. The van der Waals surface area contributed by atoms with Gasteiger partial charge in [-0.2, -0.15) is 0 Å². The lowest BCUT2D eigenvalue weighted by Gasteiger charge is -2.04. The number of Topliss-reactive ketones (excluding diaryl/α,β-unsaturated/α-hetero) is 1. The lowest BCUT2D eigenvalue weighted by Crippen LogP contribution is -2.14. The van der Waals surface area contributed by atoms with E-state index in [-0.39, 0.29) is 18.6 Å². The number of hydrogen-bond acceptors (Lipinski definition) is 3. The van der Waals surface area contributed by atoms with E-state index in [0.29, 0.717) is 6.42 Å². The zero-order valence-electron chi connectivity index (χ0n) is 12.9. The van der Waals surface area contributed by atoms with Crippen molar-refractivity contribution < 1.29 is 18.7 Å². The minimum atomic E-state index is -0.494. The molecule has 0 amide bonds. The number of nitrogens with one attached hydrogen (secondary N) is 1. The number of aromatic nitrogens is 1. The van der Waals surface area contributed by atoms with E-state index in [1.165, 1.54) is 18.2 Å². The monoisotopic (exact) mass is 325 g/mol. The van der Waals surface area contributed by atoms with Crippen molar-refractivity contribution in [3.05, 3.63) is 71.7 Å². The van der Waals surface area contributed by atoms with Crippen LogP contribution in [0.5, 0.6) is 0 Å². The number of hydrogen-bond donors (Lipinski definition) is 1. The number of ketones is 1. The first-order valence-corrected chi connectivity index (χ1v) is 7.63. The Morgan fingerprint density at radius 3 is 2.75 bits per heavy atom. The summed E-state index contributed by atoms with van der Waals surface area (Å²) in [5, 5.41) is 1.07. The fourth-order valence-corrected chi connectivity index (χ4v) is 2.54. The Kier molecular flexibility index (Phi) is 4.70. The summed E-state index contributed by atoms with van der Waals surface area (Å²) in [5.74, 6) is -1.37. The summed E-state index contributed by atoms with van der Waals surface area (Å²) in [6.07, 6.45) is 2.57. The molecule has 0 spiro atoms. The number of halogens is 1. The number of aryl methyl sites for hydroxylation is 1. The quantitative estimate of drug-likeness (QED) is 0.556. The summed E-state index contributed by atoms with van der Waals surface area (Å²) in [7, 11) is 0. The molecule has 0 saturated heterocycles. The normalized spacial score (nSPS) is 10.7. The van der Waals surface area contributed by atoms with Crippen LogP contribution in [-0.4, -0.2) is 23.3 Å².